The highest BCUT2D eigenvalue weighted by Gasteiger charge is 2.39. The highest BCUT2D eigenvalue weighted by atomic mass is 35.5. The van der Waals surface area contributed by atoms with Crippen molar-refractivity contribution in [1.29, 1.82) is 0 Å². The number of benzene rings is 1. The van der Waals surface area contributed by atoms with E-state index in [4.69, 9.17) is 32.7 Å². The van der Waals surface area contributed by atoms with E-state index in [2.05, 4.69) is 4.98 Å². The molecule has 1 saturated heterocycles. The number of imidazole rings is 1. The summed E-state index contributed by atoms with van der Waals surface area (Å²) in [5.41, 5.74) is 1.14. The number of esters is 1. The van der Waals surface area contributed by atoms with Crippen molar-refractivity contribution >= 4 is 45.9 Å². The summed E-state index contributed by atoms with van der Waals surface area (Å²) >= 11 is 12.5. The van der Waals surface area contributed by atoms with Gasteiger partial charge in [-0.15, -0.1) is 23.2 Å². The first kappa shape index (κ1) is 22.9. The molecule has 1 aliphatic carbocycles. The second kappa shape index (κ2) is 8.96. The van der Waals surface area contributed by atoms with E-state index in [0.29, 0.717) is 37.6 Å². The second-order valence-corrected chi connectivity index (χ2v) is 8.42. The number of anilines is 1. The largest absolute Gasteiger partial charge is 0.465 e. The maximum absolute atomic E-state index is 14.0. The lowest BCUT2D eigenvalue weighted by Gasteiger charge is -2.29. The van der Waals surface area contributed by atoms with Gasteiger partial charge >= 0.3 is 12.1 Å². The summed E-state index contributed by atoms with van der Waals surface area (Å²) in [7, 11) is 1.18. The van der Waals surface area contributed by atoms with Gasteiger partial charge < -0.3 is 18.9 Å². The summed E-state index contributed by atoms with van der Waals surface area (Å²) in [6.45, 7) is 1.85. The number of carbonyl (C=O) groups excluding carboxylic acids is 1. The number of rotatable bonds is 4. The molecule has 0 N–H and O–H groups in total. The Morgan fingerprint density at radius 2 is 2.00 bits per heavy atom. The van der Waals surface area contributed by atoms with E-state index in [0.717, 1.165) is 4.57 Å². The van der Waals surface area contributed by atoms with Crippen LogP contribution in [0.15, 0.2) is 35.9 Å². The van der Waals surface area contributed by atoms with Crippen LogP contribution in [0.2, 0.25) is 0 Å². The van der Waals surface area contributed by atoms with Gasteiger partial charge in [-0.25, -0.2) is 9.78 Å². The van der Waals surface area contributed by atoms with Crippen molar-refractivity contribution in [2.45, 2.75) is 23.5 Å². The van der Waals surface area contributed by atoms with Crippen molar-refractivity contribution in [2.24, 2.45) is 0 Å². The van der Waals surface area contributed by atoms with Gasteiger partial charge in [-0.3, -0.25) is 0 Å². The van der Waals surface area contributed by atoms with E-state index < -0.39 is 28.7 Å². The third-order valence-electron chi connectivity index (χ3n) is 5.45. The number of ether oxygens (including phenoxy) is 2. The van der Waals surface area contributed by atoms with Crippen molar-refractivity contribution in [2.75, 3.05) is 38.3 Å². The fraction of sp³-hybridized carbons (Fsp3) is 0.429. The first-order valence-corrected chi connectivity index (χ1v) is 10.8. The molecule has 1 aromatic carbocycles. The number of halogens is 5. The number of methoxy groups -OCH3 is 1. The highest BCUT2D eigenvalue weighted by Crippen LogP contribution is 2.36. The van der Waals surface area contributed by atoms with Crippen LogP contribution < -0.4 is 4.90 Å². The lowest BCUT2D eigenvalue weighted by Crippen LogP contribution is -2.36. The fourth-order valence-corrected chi connectivity index (χ4v) is 4.33. The standard InChI is InChI=1S/C21H20Cl2F3N3O3/c1-31-19(30)14-9-13(28-5-7-32-8-6-28)10-16-18(14)27-20(21(24,25)26)29(16)11-12-3-2-4-15(22)17(12)23/h2-4,9-10,15,17H,5-8,11H2,1H3. The zero-order valence-electron chi connectivity index (χ0n) is 17.0. The molecule has 0 radical (unpaired) electrons. The molecule has 4 rings (SSSR count). The molecule has 0 bridgehead atoms. The molecule has 1 aliphatic heterocycles. The van der Waals surface area contributed by atoms with E-state index in [1.807, 2.05) is 4.90 Å². The van der Waals surface area contributed by atoms with E-state index in [9.17, 15) is 18.0 Å². The Hall–Kier alpha value is -2.23. The van der Waals surface area contributed by atoms with Crippen molar-refractivity contribution in [3.8, 4) is 0 Å². The van der Waals surface area contributed by atoms with Gasteiger partial charge in [0.15, 0.2) is 0 Å². The van der Waals surface area contributed by atoms with Crippen molar-refractivity contribution in [1.82, 2.24) is 9.55 Å². The van der Waals surface area contributed by atoms with Gasteiger partial charge in [-0.05, 0) is 17.7 Å². The summed E-state index contributed by atoms with van der Waals surface area (Å²) in [6, 6.07) is 3.12. The number of fused-ring (bicyclic) bond motifs is 1. The van der Waals surface area contributed by atoms with E-state index >= 15 is 0 Å². The van der Waals surface area contributed by atoms with Crippen LogP contribution >= 0.6 is 23.2 Å². The molecule has 172 valence electrons. The third kappa shape index (κ3) is 4.33. The predicted molar refractivity (Wildman–Crippen MR) is 116 cm³/mol. The zero-order valence-corrected chi connectivity index (χ0v) is 18.5. The van der Waals surface area contributed by atoms with Crippen LogP contribution in [-0.2, 0) is 22.2 Å². The summed E-state index contributed by atoms with van der Waals surface area (Å²) < 4.78 is 53.1. The first-order valence-electron chi connectivity index (χ1n) is 9.88. The molecule has 0 spiro atoms. The first-order chi connectivity index (χ1) is 15.2. The van der Waals surface area contributed by atoms with Gasteiger partial charge in [0.25, 0.3) is 0 Å². The van der Waals surface area contributed by atoms with Gasteiger partial charge in [0, 0.05) is 25.3 Å². The fourth-order valence-electron chi connectivity index (χ4n) is 3.86. The van der Waals surface area contributed by atoms with E-state index in [1.54, 1.807) is 24.3 Å². The Morgan fingerprint density at radius 1 is 1.28 bits per heavy atom. The third-order valence-corrected chi connectivity index (χ3v) is 6.53. The van der Waals surface area contributed by atoms with Crippen LogP contribution in [0.3, 0.4) is 0 Å². The van der Waals surface area contributed by atoms with Crippen LogP contribution in [0.5, 0.6) is 0 Å². The topological polar surface area (TPSA) is 56.6 Å². The molecule has 2 unspecified atom stereocenters. The van der Waals surface area contributed by atoms with Gasteiger partial charge in [-0.2, -0.15) is 13.2 Å². The van der Waals surface area contributed by atoms with Crippen molar-refractivity contribution in [3.63, 3.8) is 0 Å². The van der Waals surface area contributed by atoms with Gasteiger partial charge in [0.1, 0.15) is 5.52 Å². The monoisotopic (exact) mass is 489 g/mol. The molecule has 2 atom stereocenters. The molecule has 0 amide bonds. The molecular formula is C21H20Cl2F3N3O3. The van der Waals surface area contributed by atoms with Crippen LogP contribution in [0.4, 0.5) is 18.9 Å². The van der Waals surface area contributed by atoms with E-state index in [1.165, 1.54) is 13.2 Å². The number of alkyl halides is 5. The minimum Gasteiger partial charge on any atom is -0.465 e. The number of morpholine rings is 1. The van der Waals surface area contributed by atoms with E-state index in [-0.39, 0.29) is 23.1 Å². The number of nitrogens with zero attached hydrogens (tertiary/aromatic N) is 3. The Balaban J connectivity index is 1.92. The van der Waals surface area contributed by atoms with Gasteiger partial charge in [0.05, 0.1) is 42.2 Å². The van der Waals surface area contributed by atoms with Crippen molar-refractivity contribution in [3.05, 3.63) is 47.3 Å². The Kier molecular flexibility index (Phi) is 6.42. The molecule has 1 fully saturated rings. The molecule has 2 aliphatic rings. The van der Waals surface area contributed by atoms with Crippen LogP contribution in [0.25, 0.3) is 11.0 Å². The number of carbonyl (C=O) groups is 1. The van der Waals surface area contributed by atoms with Crippen LogP contribution in [-0.4, -0.2) is 59.7 Å². The minimum atomic E-state index is -4.75. The summed E-state index contributed by atoms with van der Waals surface area (Å²) in [5, 5.41) is -1.22. The summed E-state index contributed by atoms with van der Waals surface area (Å²) in [5.74, 6) is -1.89. The second-order valence-electron chi connectivity index (χ2n) is 7.44. The SMILES string of the molecule is COC(=O)c1cc(N2CCOCC2)cc2c1nc(C(F)(F)F)n2CC1=CC=CC(Cl)C1Cl. The molecule has 32 heavy (non-hydrogen) atoms. The van der Waals surface area contributed by atoms with Gasteiger partial charge in [0.2, 0.25) is 5.82 Å². The Labute approximate surface area is 192 Å². The molecular weight excluding hydrogens is 470 g/mol. The van der Waals surface area contributed by atoms with Crippen molar-refractivity contribution < 1.29 is 27.4 Å². The lowest BCUT2D eigenvalue weighted by molar-refractivity contribution is -0.146. The average molecular weight is 490 g/mol. The molecule has 2 heterocycles. The van der Waals surface area contributed by atoms with Crippen LogP contribution in [0.1, 0.15) is 16.2 Å². The predicted octanol–water partition coefficient (Wildman–Crippen LogP) is 4.39. The van der Waals surface area contributed by atoms with Crippen LogP contribution in [0, 0.1) is 0 Å². The average Bonchev–Trinajstić information content (AvgIpc) is 3.15. The molecule has 2 aromatic rings. The normalized spacial score (nSPS) is 21.7. The molecule has 11 heteroatoms. The smallest absolute Gasteiger partial charge is 0.449 e. The molecule has 0 saturated carbocycles. The summed E-state index contributed by atoms with van der Waals surface area (Å²) in [6.07, 6.45) is 0.233. The lowest BCUT2D eigenvalue weighted by atomic mass is 10.0. The summed E-state index contributed by atoms with van der Waals surface area (Å²) in [4.78, 5) is 18.2. The maximum Gasteiger partial charge on any atom is 0.449 e. The number of hydrogen-bond acceptors (Lipinski definition) is 5. The number of hydrogen-bond donors (Lipinski definition) is 0. The number of aromatic nitrogens is 2. The number of allylic oxidation sites excluding steroid dienone is 4. The van der Waals surface area contributed by atoms with Gasteiger partial charge in [-0.1, -0.05) is 18.2 Å². The molecule has 1 aromatic heterocycles. The maximum atomic E-state index is 14.0. The molecule has 6 nitrogen and oxygen atoms in total. The minimum absolute atomic E-state index is 0.0362. The zero-order chi connectivity index (χ0) is 23.0. The quantitative estimate of drug-likeness (QED) is 0.470. The Bertz CT molecular complexity index is 1090. The highest BCUT2D eigenvalue weighted by molar-refractivity contribution is 6.32. The Morgan fingerprint density at radius 3 is 2.66 bits per heavy atom.